The van der Waals surface area contributed by atoms with Gasteiger partial charge in [0.05, 0.1) is 5.69 Å². The van der Waals surface area contributed by atoms with E-state index in [2.05, 4.69) is 9.97 Å². The molecule has 1 aromatic heterocycles. The summed E-state index contributed by atoms with van der Waals surface area (Å²) >= 11 is 0. The number of nitrogen functional groups attached to an aromatic ring is 1. The Morgan fingerprint density at radius 3 is 2.00 bits per heavy atom. The summed E-state index contributed by atoms with van der Waals surface area (Å²) < 4.78 is 21.5. The van der Waals surface area contributed by atoms with Crippen molar-refractivity contribution in [2.75, 3.05) is 5.73 Å². The number of anilines is 1. The van der Waals surface area contributed by atoms with Crippen molar-refractivity contribution in [3.8, 4) is 0 Å². The minimum atomic E-state index is -3.66. The van der Waals surface area contributed by atoms with Crippen LogP contribution in [0.15, 0.2) is 47.9 Å². The number of para-hydroxylation sites is 1. The third-order valence-electron chi connectivity index (χ3n) is 1.92. The topological polar surface area (TPSA) is 112 Å². The molecule has 0 atom stereocenters. The van der Waals surface area contributed by atoms with Gasteiger partial charge in [-0.25, -0.2) is 23.5 Å². The molecular weight excluding hydrogens is 252 g/mol. The van der Waals surface area contributed by atoms with Crippen LogP contribution in [0.3, 0.4) is 0 Å². The summed E-state index contributed by atoms with van der Waals surface area (Å²) in [7, 11) is -3.66. The summed E-state index contributed by atoms with van der Waals surface area (Å²) in [5.41, 5.74) is 6.62. The standard InChI is InChI=1S/C6H8N2O2S.C5H6N2/c7-5-3-1-2-4-6(5)11(8,9)10;1-5-2-6-4-7-3-5/h1-4H,7H2,(H2,8,9,10);2-4H,1H3. The summed E-state index contributed by atoms with van der Waals surface area (Å²) in [6.45, 7) is 1.96. The Hall–Kier alpha value is -1.99. The Kier molecular flexibility index (Phi) is 4.75. The van der Waals surface area contributed by atoms with Gasteiger partial charge in [0.1, 0.15) is 11.2 Å². The van der Waals surface area contributed by atoms with Crippen molar-refractivity contribution in [3.05, 3.63) is 48.5 Å². The first-order chi connectivity index (χ1) is 8.41. The molecule has 0 bridgehead atoms. The highest BCUT2D eigenvalue weighted by molar-refractivity contribution is 7.89. The number of nitrogens with two attached hydrogens (primary N) is 2. The fraction of sp³-hybridized carbons (Fsp3) is 0.0909. The zero-order valence-electron chi connectivity index (χ0n) is 9.82. The third kappa shape index (κ3) is 4.48. The molecule has 0 amide bonds. The Labute approximate surface area is 106 Å². The zero-order chi connectivity index (χ0) is 13.6. The van der Waals surface area contributed by atoms with E-state index in [1.54, 1.807) is 24.5 Å². The molecule has 4 N–H and O–H groups in total. The van der Waals surface area contributed by atoms with Crippen molar-refractivity contribution < 1.29 is 8.42 Å². The lowest BCUT2D eigenvalue weighted by Gasteiger charge is -2.00. The lowest BCUT2D eigenvalue weighted by molar-refractivity contribution is 0.598. The Morgan fingerprint density at radius 2 is 1.67 bits per heavy atom. The monoisotopic (exact) mass is 266 g/mol. The number of aromatic nitrogens is 2. The molecule has 0 unspecified atom stereocenters. The van der Waals surface area contributed by atoms with Crippen molar-refractivity contribution >= 4 is 15.7 Å². The first-order valence-corrected chi connectivity index (χ1v) is 6.55. The van der Waals surface area contributed by atoms with Gasteiger partial charge in [-0.15, -0.1) is 0 Å². The molecule has 0 aliphatic carbocycles. The molecule has 1 aromatic carbocycles. The molecule has 0 saturated heterocycles. The highest BCUT2D eigenvalue weighted by atomic mass is 32.2. The van der Waals surface area contributed by atoms with Gasteiger partial charge < -0.3 is 5.73 Å². The molecule has 2 aromatic rings. The lowest BCUT2D eigenvalue weighted by atomic mass is 10.3. The number of rotatable bonds is 1. The van der Waals surface area contributed by atoms with Gasteiger partial charge in [-0.1, -0.05) is 12.1 Å². The molecule has 0 saturated carbocycles. The molecule has 0 radical (unpaired) electrons. The molecule has 6 nitrogen and oxygen atoms in total. The van der Waals surface area contributed by atoms with E-state index in [0.717, 1.165) is 5.56 Å². The summed E-state index contributed by atoms with van der Waals surface area (Å²) in [6, 6.07) is 6.06. The number of benzene rings is 1. The van der Waals surface area contributed by atoms with Crippen molar-refractivity contribution in [1.29, 1.82) is 0 Å². The fourth-order valence-electron chi connectivity index (χ4n) is 1.11. The largest absolute Gasteiger partial charge is 0.398 e. The van der Waals surface area contributed by atoms with Crippen LogP contribution in [0.1, 0.15) is 5.56 Å². The van der Waals surface area contributed by atoms with E-state index in [-0.39, 0.29) is 10.6 Å². The van der Waals surface area contributed by atoms with E-state index in [0.29, 0.717) is 0 Å². The van der Waals surface area contributed by atoms with Gasteiger partial charge in [-0.05, 0) is 24.6 Å². The van der Waals surface area contributed by atoms with Crippen molar-refractivity contribution in [2.45, 2.75) is 11.8 Å². The maximum Gasteiger partial charge on any atom is 0.240 e. The normalized spacial score (nSPS) is 10.3. The van der Waals surface area contributed by atoms with Gasteiger partial charge in [0.25, 0.3) is 0 Å². The van der Waals surface area contributed by atoms with Crippen LogP contribution in [-0.4, -0.2) is 18.4 Å². The first kappa shape index (κ1) is 14.1. The second-order valence-electron chi connectivity index (χ2n) is 3.50. The van der Waals surface area contributed by atoms with Crippen LogP contribution in [0.5, 0.6) is 0 Å². The molecular formula is C11H14N4O2S. The average molecular weight is 266 g/mol. The minimum absolute atomic E-state index is 0.0278. The number of primary sulfonamides is 1. The van der Waals surface area contributed by atoms with Gasteiger partial charge >= 0.3 is 0 Å². The Bertz CT molecular complexity index is 599. The van der Waals surface area contributed by atoms with Crippen LogP contribution < -0.4 is 10.9 Å². The van der Waals surface area contributed by atoms with Gasteiger partial charge in [-0.3, -0.25) is 0 Å². The van der Waals surface area contributed by atoms with E-state index in [1.165, 1.54) is 18.5 Å². The Balaban J connectivity index is 0.000000199. The van der Waals surface area contributed by atoms with Crippen LogP contribution in [0.2, 0.25) is 0 Å². The molecule has 0 spiro atoms. The summed E-state index contributed by atoms with van der Waals surface area (Å²) in [4.78, 5) is 7.52. The molecule has 0 aliphatic heterocycles. The number of aryl methyl sites for hydroxylation is 1. The maximum atomic E-state index is 10.8. The highest BCUT2D eigenvalue weighted by Gasteiger charge is 2.09. The molecule has 96 valence electrons. The van der Waals surface area contributed by atoms with Crippen LogP contribution in [0.4, 0.5) is 5.69 Å². The summed E-state index contributed by atoms with van der Waals surface area (Å²) in [6.07, 6.45) is 5.06. The van der Waals surface area contributed by atoms with Gasteiger partial charge in [0, 0.05) is 12.4 Å². The van der Waals surface area contributed by atoms with E-state index in [4.69, 9.17) is 10.9 Å². The fourth-order valence-corrected chi connectivity index (χ4v) is 1.78. The average Bonchev–Trinajstić information content (AvgIpc) is 2.30. The molecule has 1 heterocycles. The van der Waals surface area contributed by atoms with Crippen molar-refractivity contribution in [1.82, 2.24) is 9.97 Å². The lowest BCUT2D eigenvalue weighted by Crippen LogP contribution is -2.13. The highest BCUT2D eigenvalue weighted by Crippen LogP contribution is 2.14. The third-order valence-corrected chi connectivity index (χ3v) is 2.90. The molecule has 0 fully saturated rings. The SMILES string of the molecule is Cc1cncnc1.Nc1ccccc1S(N)(=O)=O. The molecule has 2 rings (SSSR count). The number of nitrogens with zero attached hydrogens (tertiary/aromatic N) is 2. The number of hydrogen-bond acceptors (Lipinski definition) is 5. The predicted molar refractivity (Wildman–Crippen MR) is 69.0 cm³/mol. The molecule has 18 heavy (non-hydrogen) atoms. The van der Waals surface area contributed by atoms with E-state index < -0.39 is 10.0 Å². The van der Waals surface area contributed by atoms with Crippen molar-refractivity contribution in [3.63, 3.8) is 0 Å². The van der Waals surface area contributed by atoms with Crippen LogP contribution in [0, 0.1) is 6.92 Å². The number of sulfonamides is 1. The minimum Gasteiger partial charge on any atom is -0.398 e. The van der Waals surface area contributed by atoms with Gasteiger partial charge in [0.15, 0.2) is 0 Å². The zero-order valence-corrected chi connectivity index (χ0v) is 10.6. The summed E-state index contributed by atoms with van der Waals surface area (Å²) in [5, 5.41) is 4.85. The van der Waals surface area contributed by atoms with Crippen molar-refractivity contribution in [2.24, 2.45) is 5.14 Å². The van der Waals surface area contributed by atoms with E-state index >= 15 is 0 Å². The Morgan fingerprint density at radius 1 is 1.11 bits per heavy atom. The quantitative estimate of drug-likeness (QED) is 0.738. The van der Waals surface area contributed by atoms with E-state index in [1.807, 2.05) is 6.92 Å². The first-order valence-electron chi connectivity index (χ1n) is 5.00. The van der Waals surface area contributed by atoms with Gasteiger partial charge in [-0.2, -0.15) is 0 Å². The smallest absolute Gasteiger partial charge is 0.240 e. The van der Waals surface area contributed by atoms with Crippen LogP contribution >= 0.6 is 0 Å². The number of hydrogen-bond donors (Lipinski definition) is 2. The van der Waals surface area contributed by atoms with Crippen LogP contribution in [0.25, 0.3) is 0 Å². The molecule has 7 heteroatoms. The van der Waals surface area contributed by atoms with E-state index in [9.17, 15) is 8.42 Å². The van der Waals surface area contributed by atoms with Gasteiger partial charge in [0.2, 0.25) is 10.0 Å². The molecule has 0 aliphatic rings. The van der Waals surface area contributed by atoms with Crippen LogP contribution in [-0.2, 0) is 10.0 Å². The second-order valence-corrected chi connectivity index (χ2v) is 5.03. The maximum absolute atomic E-state index is 10.8. The predicted octanol–water partition coefficient (Wildman–Crippen LogP) is 0.701. The second kappa shape index (κ2) is 6.08. The summed E-state index contributed by atoms with van der Waals surface area (Å²) in [5.74, 6) is 0.